The van der Waals surface area contributed by atoms with Gasteiger partial charge in [-0.1, -0.05) is 54.8 Å². The highest BCUT2D eigenvalue weighted by atomic mass is 16.2. The molecule has 2 fully saturated rings. The molecule has 5 nitrogen and oxygen atoms in total. The molecule has 0 bridgehead atoms. The van der Waals surface area contributed by atoms with Crippen LogP contribution in [0.2, 0.25) is 0 Å². The molecule has 0 spiro atoms. The van der Waals surface area contributed by atoms with Gasteiger partial charge >= 0.3 is 0 Å². The third-order valence-corrected chi connectivity index (χ3v) is 6.52. The molecule has 0 radical (unpaired) electrons. The van der Waals surface area contributed by atoms with Crippen molar-refractivity contribution in [2.75, 3.05) is 6.54 Å². The minimum atomic E-state index is -0.0376. The maximum atomic E-state index is 12.6. The summed E-state index contributed by atoms with van der Waals surface area (Å²) in [6.45, 7) is 2.69. The lowest BCUT2D eigenvalue weighted by molar-refractivity contribution is -0.133. The van der Waals surface area contributed by atoms with Crippen molar-refractivity contribution in [2.24, 2.45) is 11.8 Å². The Morgan fingerprint density at radius 1 is 1.07 bits per heavy atom. The molecule has 30 heavy (non-hydrogen) atoms. The van der Waals surface area contributed by atoms with E-state index in [4.69, 9.17) is 0 Å². The Balaban J connectivity index is 1.34. The standard InChI is InChI=1S/C25H31N3O2/c1-17-9-11-18(12-10-17)13-14-26-24(29)20-6-4-5-19(15-20)16-23-21-7-2-3-8-22(21)25(30)28-27-23/h4-6,9-12,15,21-23,27H,2-3,7-8,13-14,16H2,1H3,(H,26,29)(H,28,30). The van der Waals surface area contributed by atoms with Crippen LogP contribution in [0.25, 0.3) is 0 Å². The lowest BCUT2D eigenvalue weighted by Gasteiger charge is -2.41. The second-order valence-electron chi connectivity index (χ2n) is 8.69. The number of nitrogens with one attached hydrogen (secondary N) is 3. The molecule has 0 aromatic heterocycles. The van der Waals surface area contributed by atoms with Gasteiger partial charge in [-0.15, -0.1) is 0 Å². The summed E-state index contributed by atoms with van der Waals surface area (Å²) < 4.78 is 0. The number of aryl methyl sites for hydroxylation is 1. The molecule has 3 N–H and O–H groups in total. The summed E-state index contributed by atoms with van der Waals surface area (Å²) in [5.41, 5.74) is 10.4. The molecule has 2 aliphatic rings. The molecule has 3 unspecified atom stereocenters. The van der Waals surface area contributed by atoms with Crippen molar-refractivity contribution in [3.63, 3.8) is 0 Å². The molecule has 2 aromatic carbocycles. The molecule has 158 valence electrons. The molecule has 2 aromatic rings. The molecular formula is C25H31N3O2. The number of benzene rings is 2. The number of carbonyl (C=O) groups is 2. The van der Waals surface area contributed by atoms with E-state index in [1.807, 2.05) is 18.2 Å². The van der Waals surface area contributed by atoms with E-state index in [2.05, 4.69) is 53.4 Å². The van der Waals surface area contributed by atoms with Crippen LogP contribution < -0.4 is 16.2 Å². The Labute approximate surface area is 178 Å². The minimum Gasteiger partial charge on any atom is -0.352 e. The number of hydrogen-bond donors (Lipinski definition) is 3. The molecule has 5 heteroatoms. The normalized spacial score (nSPS) is 23.4. The molecule has 1 aliphatic carbocycles. The molecule has 1 saturated heterocycles. The first-order valence-electron chi connectivity index (χ1n) is 11.1. The van der Waals surface area contributed by atoms with Gasteiger partial charge in [0.1, 0.15) is 0 Å². The number of carbonyl (C=O) groups excluding carboxylic acids is 2. The van der Waals surface area contributed by atoms with Crippen LogP contribution in [0.15, 0.2) is 48.5 Å². The smallest absolute Gasteiger partial charge is 0.251 e. The predicted octanol–water partition coefficient (Wildman–Crippen LogP) is 3.32. The van der Waals surface area contributed by atoms with E-state index < -0.39 is 0 Å². The van der Waals surface area contributed by atoms with E-state index in [0.29, 0.717) is 18.0 Å². The first-order valence-corrected chi connectivity index (χ1v) is 11.1. The highest BCUT2D eigenvalue weighted by molar-refractivity contribution is 5.94. The van der Waals surface area contributed by atoms with E-state index >= 15 is 0 Å². The molecule has 3 atom stereocenters. The summed E-state index contributed by atoms with van der Waals surface area (Å²) in [6.07, 6.45) is 6.04. The van der Waals surface area contributed by atoms with Crippen LogP contribution in [0.3, 0.4) is 0 Å². The zero-order chi connectivity index (χ0) is 20.9. The number of amides is 2. The van der Waals surface area contributed by atoms with E-state index in [1.165, 1.54) is 17.5 Å². The van der Waals surface area contributed by atoms with Crippen LogP contribution in [-0.2, 0) is 17.6 Å². The van der Waals surface area contributed by atoms with E-state index in [0.717, 1.165) is 37.7 Å². The van der Waals surface area contributed by atoms with E-state index in [1.54, 1.807) is 0 Å². The first kappa shape index (κ1) is 20.6. The maximum absolute atomic E-state index is 12.6. The van der Waals surface area contributed by atoms with Crippen molar-refractivity contribution in [3.8, 4) is 0 Å². The zero-order valence-corrected chi connectivity index (χ0v) is 17.6. The number of fused-ring (bicyclic) bond motifs is 1. The van der Waals surface area contributed by atoms with Crippen molar-refractivity contribution >= 4 is 11.8 Å². The zero-order valence-electron chi connectivity index (χ0n) is 17.6. The van der Waals surface area contributed by atoms with Crippen LogP contribution in [0.5, 0.6) is 0 Å². The lowest BCUT2D eigenvalue weighted by Crippen LogP contribution is -2.60. The van der Waals surface area contributed by atoms with Crippen LogP contribution in [-0.4, -0.2) is 24.4 Å². The second kappa shape index (κ2) is 9.43. The van der Waals surface area contributed by atoms with Crippen molar-refractivity contribution in [2.45, 2.75) is 51.5 Å². The quantitative estimate of drug-likeness (QED) is 0.691. The maximum Gasteiger partial charge on any atom is 0.251 e. The number of hydrogen-bond acceptors (Lipinski definition) is 3. The van der Waals surface area contributed by atoms with Gasteiger partial charge in [0, 0.05) is 24.1 Å². The Kier molecular flexibility index (Phi) is 6.48. The van der Waals surface area contributed by atoms with Gasteiger partial charge in [0.2, 0.25) is 5.91 Å². The van der Waals surface area contributed by atoms with Crippen molar-refractivity contribution in [1.82, 2.24) is 16.2 Å². The predicted molar refractivity (Wildman–Crippen MR) is 118 cm³/mol. The highest BCUT2D eigenvalue weighted by Crippen LogP contribution is 2.35. The Hall–Kier alpha value is -2.66. The van der Waals surface area contributed by atoms with Gasteiger partial charge in [-0.05, 0) is 61.8 Å². The van der Waals surface area contributed by atoms with Crippen molar-refractivity contribution < 1.29 is 9.59 Å². The largest absolute Gasteiger partial charge is 0.352 e. The lowest BCUT2D eigenvalue weighted by atomic mass is 9.72. The summed E-state index contributed by atoms with van der Waals surface area (Å²) in [5, 5.41) is 3.03. The fourth-order valence-electron chi connectivity index (χ4n) is 4.80. The summed E-state index contributed by atoms with van der Waals surface area (Å²) in [4.78, 5) is 24.8. The summed E-state index contributed by atoms with van der Waals surface area (Å²) in [6, 6.07) is 16.5. The number of rotatable bonds is 6. The summed E-state index contributed by atoms with van der Waals surface area (Å²) in [7, 11) is 0. The van der Waals surface area contributed by atoms with Crippen LogP contribution in [0.4, 0.5) is 0 Å². The number of hydrazine groups is 1. The SMILES string of the molecule is Cc1ccc(CCNC(=O)c2cccc(CC3NNC(=O)C4CCCCC34)c2)cc1. The molecule has 1 heterocycles. The second-order valence-corrected chi connectivity index (χ2v) is 8.69. The topological polar surface area (TPSA) is 70.2 Å². The van der Waals surface area contributed by atoms with Crippen LogP contribution in [0, 0.1) is 18.8 Å². The van der Waals surface area contributed by atoms with Crippen molar-refractivity contribution in [3.05, 3.63) is 70.8 Å². The monoisotopic (exact) mass is 405 g/mol. The van der Waals surface area contributed by atoms with Gasteiger partial charge < -0.3 is 5.32 Å². The Morgan fingerprint density at radius 2 is 1.87 bits per heavy atom. The van der Waals surface area contributed by atoms with Gasteiger partial charge in [0.15, 0.2) is 0 Å². The fourth-order valence-corrected chi connectivity index (χ4v) is 4.80. The summed E-state index contributed by atoms with van der Waals surface area (Å²) >= 11 is 0. The molecule has 4 rings (SSSR count). The fraction of sp³-hybridized carbons (Fsp3) is 0.440. The average Bonchev–Trinajstić information content (AvgIpc) is 2.77. The van der Waals surface area contributed by atoms with Gasteiger partial charge in [0.25, 0.3) is 5.91 Å². The summed E-state index contributed by atoms with van der Waals surface area (Å²) in [5.74, 6) is 0.597. The Bertz CT molecular complexity index is 894. The van der Waals surface area contributed by atoms with Crippen LogP contribution in [0.1, 0.15) is 52.7 Å². The van der Waals surface area contributed by atoms with Crippen molar-refractivity contribution in [1.29, 1.82) is 0 Å². The molecular weight excluding hydrogens is 374 g/mol. The highest BCUT2D eigenvalue weighted by Gasteiger charge is 2.39. The third-order valence-electron chi connectivity index (χ3n) is 6.52. The van der Waals surface area contributed by atoms with E-state index in [9.17, 15) is 9.59 Å². The van der Waals surface area contributed by atoms with Gasteiger partial charge in [-0.25, -0.2) is 5.43 Å². The average molecular weight is 406 g/mol. The van der Waals surface area contributed by atoms with E-state index in [-0.39, 0.29) is 23.8 Å². The third kappa shape index (κ3) is 4.90. The molecule has 2 amide bonds. The minimum absolute atomic E-state index is 0.0376. The first-order chi connectivity index (χ1) is 14.6. The van der Waals surface area contributed by atoms with Gasteiger partial charge in [-0.2, -0.15) is 0 Å². The van der Waals surface area contributed by atoms with Gasteiger partial charge in [0.05, 0.1) is 0 Å². The van der Waals surface area contributed by atoms with Gasteiger partial charge in [-0.3, -0.25) is 15.0 Å². The Morgan fingerprint density at radius 3 is 2.70 bits per heavy atom. The molecule has 1 saturated carbocycles. The van der Waals surface area contributed by atoms with Crippen LogP contribution >= 0.6 is 0 Å². The molecule has 1 aliphatic heterocycles.